The van der Waals surface area contributed by atoms with Crippen molar-refractivity contribution in [1.29, 1.82) is 0 Å². The Morgan fingerprint density at radius 2 is 1.83 bits per heavy atom. The lowest BCUT2D eigenvalue weighted by Gasteiger charge is -2.38. The molecule has 184 valence electrons. The van der Waals surface area contributed by atoms with Crippen molar-refractivity contribution < 1.29 is 17.9 Å². The lowest BCUT2D eigenvalue weighted by molar-refractivity contribution is -0.0279. The third-order valence-electron chi connectivity index (χ3n) is 6.22. The molecule has 5 rings (SSSR count). The summed E-state index contributed by atoms with van der Waals surface area (Å²) in [5.74, 6) is -0.218. The maximum absolute atomic E-state index is 14.0. The van der Waals surface area contributed by atoms with Crippen LogP contribution in [0.15, 0.2) is 67.5 Å². The van der Waals surface area contributed by atoms with Crippen molar-refractivity contribution in [3.05, 3.63) is 58.7 Å². The van der Waals surface area contributed by atoms with Gasteiger partial charge in [-0.1, -0.05) is 24.3 Å². The first-order chi connectivity index (χ1) is 16.9. The minimum Gasteiger partial charge on any atom is -0.464 e. The number of amidine groups is 2. The van der Waals surface area contributed by atoms with Crippen LogP contribution >= 0.6 is 0 Å². The summed E-state index contributed by atoms with van der Waals surface area (Å²) in [5.41, 5.74) is 9.31. The van der Waals surface area contributed by atoms with Gasteiger partial charge in [-0.25, -0.2) is 23.2 Å². The van der Waals surface area contributed by atoms with Gasteiger partial charge >= 0.3 is 6.02 Å². The summed E-state index contributed by atoms with van der Waals surface area (Å²) in [6, 6.07) is 8.14. The number of alkyl halides is 2. The van der Waals surface area contributed by atoms with E-state index in [2.05, 4.69) is 20.0 Å². The second-order valence-corrected chi connectivity index (χ2v) is 8.79. The number of fused-ring (bicyclic) bond motifs is 1. The number of hydrogen-bond acceptors (Lipinski definition) is 8. The maximum atomic E-state index is 14.0. The fourth-order valence-corrected chi connectivity index (χ4v) is 4.45. The average molecular weight is 486 g/mol. The molecule has 0 radical (unpaired) electrons. The molecular weight excluding hydrogens is 459 g/mol. The van der Waals surface area contributed by atoms with Crippen LogP contribution < -0.4 is 5.73 Å². The zero-order chi connectivity index (χ0) is 24.5. The predicted octanol–water partition coefficient (Wildman–Crippen LogP) is 2.88. The molecule has 4 aliphatic rings. The fourth-order valence-electron chi connectivity index (χ4n) is 4.45. The number of ether oxygens (including phenoxy) is 1. The smallest absolute Gasteiger partial charge is 0.316 e. The van der Waals surface area contributed by atoms with Crippen LogP contribution in [0.2, 0.25) is 0 Å². The molecule has 1 unspecified atom stereocenters. The van der Waals surface area contributed by atoms with Crippen molar-refractivity contribution in [2.24, 2.45) is 31.6 Å². The molecule has 0 amide bonds. The lowest BCUT2D eigenvalue weighted by atomic mass is 9.99. The first kappa shape index (κ1) is 23.3. The molecule has 4 heterocycles. The number of benzene rings is 1. The highest BCUT2D eigenvalue weighted by atomic mass is 19.3. The van der Waals surface area contributed by atoms with Crippen LogP contribution in [0.3, 0.4) is 0 Å². The van der Waals surface area contributed by atoms with Crippen molar-refractivity contribution >= 4 is 23.8 Å². The van der Waals surface area contributed by atoms with Gasteiger partial charge in [-0.2, -0.15) is 4.99 Å². The minimum atomic E-state index is -2.26. The van der Waals surface area contributed by atoms with E-state index in [9.17, 15) is 13.2 Å². The van der Waals surface area contributed by atoms with E-state index in [4.69, 9.17) is 10.5 Å². The van der Waals surface area contributed by atoms with Crippen molar-refractivity contribution in [2.45, 2.75) is 32.6 Å². The van der Waals surface area contributed by atoms with Gasteiger partial charge in [0.25, 0.3) is 0 Å². The van der Waals surface area contributed by atoms with Gasteiger partial charge in [0.05, 0.1) is 19.4 Å². The SMILES string of the molecule is CCOC1=NC2C(=NC(=C3C=C(F)C=NC3)N2Cc2ccc(CN3CC(C(F)F)C3)cc2)C(N)=N1. The Morgan fingerprint density at radius 1 is 1.11 bits per heavy atom. The van der Waals surface area contributed by atoms with Crippen LogP contribution in [0.5, 0.6) is 0 Å². The number of dihydropyridines is 1. The minimum absolute atomic E-state index is 0.181. The number of hydrogen-bond donors (Lipinski definition) is 1. The molecule has 1 fully saturated rings. The molecule has 35 heavy (non-hydrogen) atoms. The number of aliphatic imine (C=N–C) groups is 4. The van der Waals surface area contributed by atoms with Gasteiger partial charge < -0.3 is 15.4 Å². The summed E-state index contributed by atoms with van der Waals surface area (Å²) in [6.07, 6.45) is -0.205. The highest BCUT2D eigenvalue weighted by Crippen LogP contribution is 2.31. The molecule has 1 aromatic carbocycles. The normalized spacial score (nSPS) is 24.6. The van der Waals surface area contributed by atoms with Crippen LogP contribution in [0.1, 0.15) is 18.1 Å². The van der Waals surface area contributed by atoms with Crippen molar-refractivity contribution in [3.63, 3.8) is 0 Å². The summed E-state index contributed by atoms with van der Waals surface area (Å²) in [4.78, 5) is 21.5. The van der Waals surface area contributed by atoms with E-state index < -0.39 is 24.3 Å². The molecule has 1 aromatic rings. The average Bonchev–Trinajstić information content (AvgIpc) is 3.16. The second kappa shape index (κ2) is 9.65. The van der Waals surface area contributed by atoms with E-state index in [0.717, 1.165) is 11.1 Å². The zero-order valence-electron chi connectivity index (χ0n) is 19.2. The molecule has 0 bridgehead atoms. The Hall–Kier alpha value is -3.47. The molecule has 4 aliphatic heterocycles. The molecule has 0 aromatic heterocycles. The Morgan fingerprint density at radius 3 is 2.49 bits per heavy atom. The molecule has 11 heteroatoms. The number of halogens is 3. The summed E-state index contributed by atoms with van der Waals surface area (Å²) in [7, 11) is 0. The predicted molar refractivity (Wildman–Crippen MR) is 128 cm³/mol. The topological polar surface area (TPSA) is 91.2 Å². The number of nitrogens with two attached hydrogens (primary N) is 1. The van der Waals surface area contributed by atoms with Gasteiger partial charge in [0, 0.05) is 37.7 Å². The molecule has 0 spiro atoms. The number of likely N-dealkylation sites (tertiary alicyclic amines) is 1. The van der Waals surface area contributed by atoms with Gasteiger partial charge in [-0.05, 0) is 24.1 Å². The van der Waals surface area contributed by atoms with Gasteiger partial charge in [-0.15, -0.1) is 0 Å². The second-order valence-electron chi connectivity index (χ2n) is 8.79. The van der Waals surface area contributed by atoms with E-state index in [1.54, 1.807) is 0 Å². The summed E-state index contributed by atoms with van der Waals surface area (Å²) in [6.45, 7) is 4.42. The van der Waals surface area contributed by atoms with Crippen LogP contribution in [0.25, 0.3) is 0 Å². The molecule has 0 saturated carbocycles. The van der Waals surface area contributed by atoms with E-state index in [-0.39, 0.29) is 18.4 Å². The van der Waals surface area contributed by atoms with Gasteiger partial charge in [-0.3, -0.25) is 9.89 Å². The largest absolute Gasteiger partial charge is 0.464 e. The van der Waals surface area contributed by atoms with E-state index in [0.29, 0.717) is 49.9 Å². The standard InChI is InChI=1S/C24H26F3N7O/c1-2-35-24-31-21(28)19-23(32-24)34(22(30-19)16-7-18(25)9-29-8-16)11-15-5-3-14(4-6-15)10-33-12-17(13-33)20(26)27/h3-7,9,17,20,23H,2,8,10-13H2,1H3,(H2,28,31,32). The van der Waals surface area contributed by atoms with Crippen molar-refractivity contribution in [3.8, 4) is 0 Å². The van der Waals surface area contributed by atoms with Gasteiger partial charge in [0.15, 0.2) is 12.0 Å². The summed E-state index contributed by atoms with van der Waals surface area (Å²) >= 11 is 0. The Balaban J connectivity index is 1.37. The Kier molecular flexibility index (Phi) is 6.42. The first-order valence-electron chi connectivity index (χ1n) is 11.5. The maximum Gasteiger partial charge on any atom is 0.316 e. The van der Waals surface area contributed by atoms with Crippen LogP contribution in [0.4, 0.5) is 13.2 Å². The van der Waals surface area contributed by atoms with Crippen LogP contribution in [-0.2, 0) is 17.8 Å². The lowest BCUT2D eigenvalue weighted by Crippen LogP contribution is -2.49. The molecular formula is C24H26F3N7O. The molecule has 1 atom stereocenters. The van der Waals surface area contributed by atoms with Crippen LogP contribution in [-0.4, -0.2) is 72.4 Å². The van der Waals surface area contributed by atoms with E-state index in [1.807, 2.05) is 41.0 Å². The number of rotatable bonds is 6. The molecule has 2 N–H and O–H groups in total. The summed E-state index contributed by atoms with van der Waals surface area (Å²) < 4.78 is 44.9. The van der Waals surface area contributed by atoms with Crippen molar-refractivity contribution in [2.75, 3.05) is 26.2 Å². The van der Waals surface area contributed by atoms with Crippen LogP contribution in [0, 0.1) is 5.92 Å². The van der Waals surface area contributed by atoms with E-state index in [1.165, 1.54) is 12.3 Å². The highest BCUT2D eigenvalue weighted by molar-refractivity contribution is 6.45. The third-order valence-corrected chi connectivity index (χ3v) is 6.22. The van der Waals surface area contributed by atoms with Gasteiger partial charge in [0.2, 0.25) is 6.43 Å². The van der Waals surface area contributed by atoms with E-state index >= 15 is 0 Å². The quantitative estimate of drug-likeness (QED) is 0.671. The Labute approximate surface area is 201 Å². The summed E-state index contributed by atoms with van der Waals surface area (Å²) in [5, 5.41) is 0. The molecule has 0 aliphatic carbocycles. The third kappa shape index (κ3) is 4.86. The van der Waals surface area contributed by atoms with Gasteiger partial charge in [0.1, 0.15) is 17.4 Å². The molecule has 8 nitrogen and oxygen atoms in total. The zero-order valence-corrected chi connectivity index (χ0v) is 19.2. The highest BCUT2D eigenvalue weighted by Gasteiger charge is 2.39. The molecule has 1 saturated heterocycles. The fraction of sp³-hybridized carbons (Fsp3) is 0.417. The number of nitrogens with zero attached hydrogens (tertiary/aromatic N) is 6. The number of allylic oxidation sites excluding steroid dienone is 1. The van der Waals surface area contributed by atoms with Crippen molar-refractivity contribution in [1.82, 2.24) is 9.80 Å². The first-order valence-corrected chi connectivity index (χ1v) is 11.5. The monoisotopic (exact) mass is 485 g/mol. The Bertz CT molecular complexity index is 1160.